The summed E-state index contributed by atoms with van der Waals surface area (Å²) in [5.74, 6) is 0. The first-order chi connectivity index (χ1) is 9.89. The zero-order valence-electron chi connectivity index (χ0n) is 12.1. The number of thiophene rings is 1. The van der Waals surface area contributed by atoms with Crippen molar-refractivity contribution in [2.75, 3.05) is 0 Å². The number of nitrogens with one attached hydrogen (secondary N) is 1. The molecule has 0 fully saturated rings. The van der Waals surface area contributed by atoms with Crippen molar-refractivity contribution >= 4 is 33.8 Å². The lowest BCUT2D eigenvalue weighted by atomic mass is 9.86. The van der Waals surface area contributed by atoms with E-state index in [2.05, 4.69) is 31.8 Å². The molecule has 0 bridgehead atoms. The first kappa shape index (κ1) is 14.2. The first-order valence-corrected chi connectivity index (χ1v) is 8.01. The standard InChI is InChI=1S/C16H16N2OS2/c1-16(2,3)10-6-4-5-7-12(10)18-14(19)13-11(8-9-21-13)17-15(18)20/h4-9H,1-3H3,(H,17,20). The van der Waals surface area contributed by atoms with Crippen LogP contribution < -0.4 is 5.56 Å². The van der Waals surface area contributed by atoms with Crippen LogP contribution in [0.15, 0.2) is 40.5 Å². The normalized spacial score (nSPS) is 12.0. The summed E-state index contributed by atoms with van der Waals surface area (Å²) >= 11 is 6.84. The van der Waals surface area contributed by atoms with Crippen molar-refractivity contribution in [3.8, 4) is 5.69 Å². The van der Waals surface area contributed by atoms with Crippen molar-refractivity contribution in [3.63, 3.8) is 0 Å². The Kier molecular flexibility index (Phi) is 3.34. The molecule has 1 aromatic carbocycles. The van der Waals surface area contributed by atoms with Gasteiger partial charge < -0.3 is 4.98 Å². The zero-order valence-corrected chi connectivity index (χ0v) is 13.8. The molecule has 3 rings (SSSR count). The molecule has 21 heavy (non-hydrogen) atoms. The number of para-hydroxylation sites is 1. The van der Waals surface area contributed by atoms with Gasteiger partial charge in [0.2, 0.25) is 0 Å². The molecule has 0 saturated heterocycles. The molecule has 2 aromatic heterocycles. The van der Waals surface area contributed by atoms with Crippen LogP contribution in [0, 0.1) is 4.77 Å². The van der Waals surface area contributed by atoms with E-state index in [1.54, 1.807) is 4.57 Å². The van der Waals surface area contributed by atoms with E-state index in [0.717, 1.165) is 16.8 Å². The lowest BCUT2D eigenvalue weighted by Crippen LogP contribution is -2.24. The Hall–Kier alpha value is -1.72. The third-order valence-corrected chi connectivity index (χ3v) is 4.65. The molecule has 0 atom stereocenters. The Morgan fingerprint density at radius 1 is 1.19 bits per heavy atom. The largest absolute Gasteiger partial charge is 0.331 e. The molecule has 0 radical (unpaired) electrons. The molecule has 0 aliphatic rings. The van der Waals surface area contributed by atoms with Crippen molar-refractivity contribution in [1.29, 1.82) is 0 Å². The highest BCUT2D eigenvalue weighted by Gasteiger charge is 2.20. The van der Waals surface area contributed by atoms with Crippen LogP contribution in [0.5, 0.6) is 0 Å². The zero-order chi connectivity index (χ0) is 15.2. The predicted molar refractivity (Wildman–Crippen MR) is 91.3 cm³/mol. The van der Waals surface area contributed by atoms with Gasteiger partial charge in [0.05, 0.1) is 11.2 Å². The van der Waals surface area contributed by atoms with Gasteiger partial charge in [-0.1, -0.05) is 39.0 Å². The van der Waals surface area contributed by atoms with E-state index in [0.29, 0.717) is 9.47 Å². The lowest BCUT2D eigenvalue weighted by Gasteiger charge is -2.23. The molecular weight excluding hydrogens is 300 g/mol. The van der Waals surface area contributed by atoms with E-state index < -0.39 is 0 Å². The highest BCUT2D eigenvalue weighted by Crippen LogP contribution is 2.28. The van der Waals surface area contributed by atoms with Crippen molar-refractivity contribution in [2.24, 2.45) is 0 Å². The van der Waals surface area contributed by atoms with Gasteiger partial charge in [-0.15, -0.1) is 11.3 Å². The molecule has 108 valence electrons. The van der Waals surface area contributed by atoms with Gasteiger partial charge in [-0.2, -0.15) is 0 Å². The molecule has 0 spiro atoms. The highest BCUT2D eigenvalue weighted by atomic mass is 32.1. The van der Waals surface area contributed by atoms with E-state index >= 15 is 0 Å². The van der Waals surface area contributed by atoms with Gasteiger partial charge >= 0.3 is 0 Å². The Bertz CT molecular complexity index is 926. The molecule has 3 aromatic rings. The summed E-state index contributed by atoms with van der Waals surface area (Å²) in [7, 11) is 0. The fourth-order valence-electron chi connectivity index (χ4n) is 2.46. The monoisotopic (exact) mass is 316 g/mol. The van der Waals surface area contributed by atoms with E-state index in [4.69, 9.17) is 12.2 Å². The third-order valence-electron chi connectivity index (χ3n) is 3.46. The number of hydrogen-bond donors (Lipinski definition) is 1. The molecule has 0 unspecified atom stereocenters. The second-order valence-corrected chi connectivity index (χ2v) is 7.30. The number of benzene rings is 1. The molecule has 0 saturated carbocycles. The summed E-state index contributed by atoms with van der Waals surface area (Å²) in [6.07, 6.45) is 0. The molecule has 1 N–H and O–H groups in total. The van der Waals surface area contributed by atoms with Gasteiger partial charge in [0, 0.05) is 0 Å². The summed E-state index contributed by atoms with van der Waals surface area (Å²) in [5.41, 5.74) is 2.64. The smallest absolute Gasteiger partial charge is 0.276 e. The second-order valence-electron chi connectivity index (χ2n) is 6.00. The lowest BCUT2D eigenvalue weighted by molar-refractivity contribution is 0.585. The highest BCUT2D eigenvalue weighted by molar-refractivity contribution is 7.71. The topological polar surface area (TPSA) is 37.8 Å². The Morgan fingerprint density at radius 3 is 2.62 bits per heavy atom. The number of rotatable bonds is 1. The third kappa shape index (κ3) is 2.36. The summed E-state index contributed by atoms with van der Waals surface area (Å²) < 4.78 is 2.74. The Labute approximate surface area is 131 Å². The van der Waals surface area contributed by atoms with E-state index in [-0.39, 0.29) is 11.0 Å². The van der Waals surface area contributed by atoms with E-state index in [9.17, 15) is 4.79 Å². The van der Waals surface area contributed by atoms with Crippen LogP contribution in [-0.4, -0.2) is 9.55 Å². The number of hydrogen-bond acceptors (Lipinski definition) is 3. The Balaban J connectivity index is 2.42. The SMILES string of the molecule is CC(C)(C)c1ccccc1-n1c(=S)[nH]c2ccsc2c1=O. The van der Waals surface area contributed by atoms with Gasteiger partial charge in [0.25, 0.3) is 5.56 Å². The van der Waals surface area contributed by atoms with Gasteiger partial charge in [0.15, 0.2) is 4.77 Å². The van der Waals surface area contributed by atoms with Gasteiger partial charge in [-0.3, -0.25) is 9.36 Å². The van der Waals surface area contributed by atoms with Gasteiger partial charge in [-0.05, 0) is 40.7 Å². The minimum atomic E-state index is -0.0672. The molecule has 5 heteroatoms. The maximum atomic E-state index is 12.8. The van der Waals surface area contributed by atoms with Gasteiger partial charge in [-0.25, -0.2) is 0 Å². The first-order valence-electron chi connectivity index (χ1n) is 6.72. The molecule has 0 amide bonds. The van der Waals surface area contributed by atoms with Crippen LogP contribution in [0.4, 0.5) is 0 Å². The number of fused-ring (bicyclic) bond motifs is 1. The van der Waals surface area contributed by atoms with Crippen LogP contribution in [0.25, 0.3) is 15.9 Å². The van der Waals surface area contributed by atoms with Crippen molar-refractivity contribution in [3.05, 3.63) is 56.4 Å². The van der Waals surface area contributed by atoms with Gasteiger partial charge in [0.1, 0.15) is 4.70 Å². The molecule has 3 nitrogen and oxygen atoms in total. The number of nitrogens with zero attached hydrogens (tertiary/aromatic N) is 1. The van der Waals surface area contributed by atoms with Crippen molar-refractivity contribution < 1.29 is 0 Å². The summed E-state index contributed by atoms with van der Waals surface area (Å²) in [6.45, 7) is 6.40. The van der Waals surface area contributed by atoms with E-state index in [1.165, 1.54) is 11.3 Å². The van der Waals surface area contributed by atoms with Crippen LogP contribution in [-0.2, 0) is 5.41 Å². The average molecular weight is 316 g/mol. The number of H-pyrrole nitrogens is 1. The fraction of sp³-hybridized carbons (Fsp3) is 0.250. The number of aromatic nitrogens is 2. The summed E-state index contributed by atoms with van der Waals surface area (Å²) in [6, 6.07) is 9.81. The fourth-order valence-corrected chi connectivity index (χ4v) is 3.53. The second kappa shape index (κ2) is 4.93. The predicted octanol–water partition coefficient (Wildman–Crippen LogP) is 4.41. The van der Waals surface area contributed by atoms with E-state index in [1.807, 2.05) is 29.6 Å². The minimum Gasteiger partial charge on any atom is -0.331 e. The van der Waals surface area contributed by atoms with Crippen LogP contribution in [0.3, 0.4) is 0 Å². The molecule has 0 aliphatic heterocycles. The van der Waals surface area contributed by atoms with Crippen LogP contribution in [0.1, 0.15) is 26.3 Å². The maximum Gasteiger partial charge on any atom is 0.276 e. The summed E-state index contributed by atoms with van der Waals surface area (Å²) in [4.78, 5) is 15.9. The van der Waals surface area contributed by atoms with Crippen molar-refractivity contribution in [1.82, 2.24) is 9.55 Å². The summed E-state index contributed by atoms with van der Waals surface area (Å²) in [5, 5.41) is 1.90. The van der Waals surface area contributed by atoms with Crippen LogP contribution >= 0.6 is 23.6 Å². The Morgan fingerprint density at radius 2 is 1.90 bits per heavy atom. The number of aromatic amines is 1. The molecular formula is C16H16N2OS2. The minimum absolute atomic E-state index is 0.0551. The quantitative estimate of drug-likeness (QED) is 0.675. The molecule has 2 heterocycles. The average Bonchev–Trinajstić information content (AvgIpc) is 2.86. The van der Waals surface area contributed by atoms with Crippen molar-refractivity contribution in [2.45, 2.75) is 26.2 Å². The van der Waals surface area contributed by atoms with Crippen LogP contribution in [0.2, 0.25) is 0 Å². The maximum absolute atomic E-state index is 12.8. The molecule has 0 aliphatic carbocycles.